The van der Waals surface area contributed by atoms with Gasteiger partial charge in [0.2, 0.25) is 0 Å². The maximum absolute atomic E-state index is 4.47. The molecule has 0 bridgehead atoms. The van der Waals surface area contributed by atoms with E-state index in [4.69, 9.17) is 0 Å². The molecule has 0 amide bonds. The van der Waals surface area contributed by atoms with Gasteiger partial charge in [-0.1, -0.05) is 12.2 Å². The summed E-state index contributed by atoms with van der Waals surface area (Å²) in [6, 6.07) is 1.90. The van der Waals surface area contributed by atoms with Gasteiger partial charge in [0.15, 0.2) is 0 Å². The summed E-state index contributed by atoms with van der Waals surface area (Å²) >= 11 is 3.40. The van der Waals surface area contributed by atoms with Crippen LogP contribution in [-0.4, -0.2) is 16.5 Å². The van der Waals surface area contributed by atoms with Crippen molar-refractivity contribution < 1.29 is 0 Å². The first-order chi connectivity index (χ1) is 7.15. The van der Waals surface area contributed by atoms with Crippen molar-refractivity contribution in [2.45, 2.75) is 25.7 Å². The van der Waals surface area contributed by atoms with Crippen LogP contribution in [0.15, 0.2) is 22.8 Å². The highest BCUT2D eigenvalue weighted by Gasteiger charge is 2.27. The molecule has 1 fully saturated rings. The number of halogens is 1. The number of aromatic nitrogens is 2. The van der Waals surface area contributed by atoms with Crippen LogP contribution in [0.2, 0.25) is 0 Å². The molecule has 1 saturated carbocycles. The van der Waals surface area contributed by atoms with E-state index in [9.17, 15) is 0 Å². The molecule has 15 heavy (non-hydrogen) atoms. The van der Waals surface area contributed by atoms with Gasteiger partial charge in [-0.05, 0) is 35.7 Å². The van der Waals surface area contributed by atoms with Crippen LogP contribution < -0.4 is 5.32 Å². The Morgan fingerprint density at radius 3 is 2.93 bits per heavy atom. The van der Waals surface area contributed by atoms with Crippen molar-refractivity contribution >= 4 is 21.7 Å². The summed E-state index contributed by atoms with van der Waals surface area (Å²) in [4.78, 5) is 8.84. The Morgan fingerprint density at radius 2 is 2.33 bits per heavy atom. The topological polar surface area (TPSA) is 37.8 Å². The van der Waals surface area contributed by atoms with E-state index in [1.165, 1.54) is 12.8 Å². The van der Waals surface area contributed by atoms with Crippen LogP contribution in [0.1, 0.15) is 31.5 Å². The third-order valence-corrected chi connectivity index (χ3v) is 2.63. The largest absolute Gasteiger partial charge is 0.366 e. The van der Waals surface area contributed by atoms with E-state index < -0.39 is 0 Å². The number of anilines is 1. The zero-order valence-corrected chi connectivity index (χ0v) is 10.3. The Balaban J connectivity index is 2.12. The Kier molecular flexibility index (Phi) is 3.05. The normalized spacial score (nSPS) is 15.1. The molecule has 3 nitrogen and oxygen atoms in total. The van der Waals surface area contributed by atoms with Gasteiger partial charge in [-0.3, -0.25) is 0 Å². The predicted molar refractivity (Wildman–Crippen MR) is 65.0 cm³/mol. The van der Waals surface area contributed by atoms with E-state index in [0.717, 1.165) is 28.4 Å². The first-order valence-electron chi connectivity index (χ1n) is 5.08. The van der Waals surface area contributed by atoms with Gasteiger partial charge in [-0.2, -0.15) is 0 Å². The Labute approximate surface area is 98.1 Å². The summed E-state index contributed by atoms with van der Waals surface area (Å²) in [6.07, 6.45) is 2.44. The molecule has 1 N–H and O–H groups in total. The minimum absolute atomic E-state index is 0.577. The smallest absolute Gasteiger partial charge is 0.135 e. The van der Waals surface area contributed by atoms with E-state index in [1.807, 2.05) is 13.0 Å². The molecule has 0 radical (unpaired) electrons. The molecule has 0 atom stereocenters. The molecule has 0 spiro atoms. The molecule has 2 rings (SSSR count). The van der Waals surface area contributed by atoms with Gasteiger partial charge >= 0.3 is 0 Å². The van der Waals surface area contributed by atoms with Gasteiger partial charge in [0.1, 0.15) is 16.2 Å². The Bertz CT molecular complexity index is 385. The van der Waals surface area contributed by atoms with Crippen molar-refractivity contribution in [1.29, 1.82) is 0 Å². The first-order valence-corrected chi connectivity index (χ1v) is 5.87. The average Bonchev–Trinajstić information content (AvgIpc) is 2.97. The second kappa shape index (κ2) is 4.31. The van der Waals surface area contributed by atoms with Gasteiger partial charge in [-0.25, -0.2) is 9.97 Å². The maximum Gasteiger partial charge on any atom is 0.135 e. The molecule has 1 heterocycles. The molecule has 1 aliphatic carbocycles. The fourth-order valence-corrected chi connectivity index (χ4v) is 1.69. The van der Waals surface area contributed by atoms with Crippen molar-refractivity contribution in [1.82, 2.24) is 9.97 Å². The van der Waals surface area contributed by atoms with Crippen molar-refractivity contribution in [3.05, 3.63) is 28.6 Å². The Morgan fingerprint density at radius 1 is 1.60 bits per heavy atom. The van der Waals surface area contributed by atoms with Crippen molar-refractivity contribution in [2.75, 3.05) is 11.9 Å². The predicted octanol–water partition coefficient (Wildman–Crippen LogP) is 3.10. The molecule has 0 unspecified atom stereocenters. The summed E-state index contributed by atoms with van der Waals surface area (Å²) in [5.74, 6) is 2.41. The molecular formula is C11H14BrN3. The highest BCUT2D eigenvalue weighted by Crippen LogP contribution is 2.38. The van der Waals surface area contributed by atoms with E-state index >= 15 is 0 Å². The van der Waals surface area contributed by atoms with Gasteiger partial charge in [-0.15, -0.1) is 0 Å². The molecule has 0 aliphatic heterocycles. The van der Waals surface area contributed by atoms with Crippen molar-refractivity contribution in [2.24, 2.45) is 0 Å². The lowest BCUT2D eigenvalue weighted by Gasteiger charge is -2.07. The number of hydrogen-bond acceptors (Lipinski definition) is 3. The summed E-state index contributed by atoms with van der Waals surface area (Å²) < 4.78 is 0.851. The fraction of sp³-hybridized carbons (Fsp3) is 0.455. The van der Waals surface area contributed by atoms with E-state index in [1.54, 1.807) is 0 Å². The molecule has 1 aliphatic rings. The number of hydrogen-bond donors (Lipinski definition) is 1. The molecule has 0 aromatic carbocycles. The van der Waals surface area contributed by atoms with Gasteiger partial charge in [0, 0.05) is 18.5 Å². The second-order valence-corrected chi connectivity index (χ2v) is 4.83. The maximum atomic E-state index is 4.47. The lowest BCUT2D eigenvalue weighted by Crippen LogP contribution is -2.06. The summed E-state index contributed by atoms with van der Waals surface area (Å²) in [7, 11) is 0. The molecule has 4 heteroatoms. The summed E-state index contributed by atoms with van der Waals surface area (Å²) in [5, 5.41) is 3.23. The third-order valence-electron chi connectivity index (χ3n) is 2.23. The zero-order valence-electron chi connectivity index (χ0n) is 8.76. The lowest BCUT2D eigenvalue weighted by molar-refractivity contribution is 0.914. The van der Waals surface area contributed by atoms with E-state index in [-0.39, 0.29) is 0 Å². The fourth-order valence-electron chi connectivity index (χ4n) is 1.29. The first kappa shape index (κ1) is 10.6. The standard InChI is InChI=1S/C11H14BrN3/c1-7(2)6-13-10-5-9(12)14-11(15-10)8-3-4-8/h5,8H,1,3-4,6H2,2H3,(H,13,14,15). The molecular weight excluding hydrogens is 254 g/mol. The summed E-state index contributed by atoms with van der Waals surface area (Å²) in [6.45, 7) is 6.59. The van der Waals surface area contributed by atoms with Crippen LogP contribution in [0.4, 0.5) is 5.82 Å². The molecule has 1 aromatic heterocycles. The van der Waals surface area contributed by atoms with Crippen molar-refractivity contribution in [3.63, 3.8) is 0 Å². The highest BCUT2D eigenvalue weighted by molar-refractivity contribution is 9.10. The van der Waals surface area contributed by atoms with Crippen LogP contribution in [-0.2, 0) is 0 Å². The molecule has 80 valence electrons. The summed E-state index contributed by atoms with van der Waals surface area (Å²) in [5.41, 5.74) is 1.10. The number of nitrogens with zero attached hydrogens (tertiary/aromatic N) is 2. The van der Waals surface area contributed by atoms with Crippen LogP contribution in [0.5, 0.6) is 0 Å². The highest BCUT2D eigenvalue weighted by atomic mass is 79.9. The minimum Gasteiger partial charge on any atom is -0.366 e. The van der Waals surface area contributed by atoms with Crippen LogP contribution in [0.3, 0.4) is 0 Å². The molecule has 1 aromatic rings. The quantitative estimate of drug-likeness (QED) is 0.673. The Hall–Kier alpha value is -0.900. The third kappa shape index (κ3) is 3.02. The van der Waals surface area contributed by atoms with Crippen LogP contribution in [0.25, 0.3) is 0 Å². The van der Waals surface area contributed by atoms with E-state index in [0.29, 0.717) is 5.92 Å². The van der Waals surface area contributed by atoms with Crippen LogP contribution in [0, 0.1) is 0 Å². The van der Waals surface area contributed by atoms with Gasteiger partial charge in [0.25, 0.3) is 0 Å². The lowest BCUT2D eigenvalue weighted by atomic mass is 10.3. The van der Waals surface area contributed by atoms with Gasteiger partial charge < -0.3 is 5.32 Å². The zero-order chi connectivity index (χ0) is 10.8. The average molecular weight is 268 g/mol. The monoisotopic (exact) mass is 267 g/mol. The number of rotatable bonds is 4. The minimum atomic E-state index is 0.577. The second-order valence-electron chi connectivity index (χ2n) is 4.02. The van der Waals surface area contributed by atoms with Crippen LogP contribution >= 0.6 is 15.9 Å². The van der Waals surface area contributed by atoms with Crippen molar-refractivity contribution in [3.8, 4) is 0 Å². The SMILES string of the molecule is C=C(C)CNc1cc(Br)nc(C2CC2)n1. The molecule has 0 saturated heterocycles. The van der Waals surface area contributed by atoms with E-state index in [2.05, 4.69) is 37.8 Å². The van der Waals surface area contributed by atoms with Gasteiger partial charge in [0.05, 0.1) is 0 Å². The number of nitrogens with one attached hydrogen (secondary N) is 1.